The lowest BCUT2D eigenvalue weighted by molar-refractivity contribution is 0.0248. The second-order valence-corrected chi connectivity index (χ2v) is 7.01. The molecule has 0 unspecified atom stereocenters. The minimum atomic E-state index is 0.349. The zero-order valence-electron chi connectivity index (χ0n) is 13.8. The second kappa shape index (κ2) is 7.45. The summed E-state index contributed by atoms with van der Waals surface area (Å²) in [7, 11) is 0. The third-order valence-corrected chi connectivity index (χ3v) is 5.35. The molecule has 2 aromatic rings. The molecule has 3 nitrogen and oxygen atoms in total. The molecule has 1 aromatic heterocycles. The first kappa shape index (κ1) is 16.5. The number of hydrogen-bond acceptors (Lipinski definition) is 3. The number of anilines is 1. The van der Waals surface area contributed by atoms with Gasteiger partial charge in [-0.05, 0) is 65.9 Å². The van der Waals surface area contributed by atoms with Crippen LogP contribution in [-0.2, 0) is 11.3 Å². The summed E-state index contributed by atoms with van der Waals surface area (Å²) in [6.45, 7) is 6.90. The molecule has 0 aliphatic carbocycles. The summed E-state index contributed by atoms with van der Waals surface area (Å²) in [6, 6.07) is 12.6. The van der Waals surface area contributed by atoms with Crippen LogP contribution in [0.4, 0.5) is 5.82 Å². The lowest BCUT2D eigenvalue weighted by atomic mass is 10.1. The van der Waals surface area contributed by atoms with E-state index in [4.69, 9.17) is 4.74 Å². The van der Waals surface area contributed by atoms with Gasteiger partial charge in [-0.2, -0.15) is 0 Å². The van der Waals surface area contributed by atoms with Crippen LogP contribution in [0.2, 0.25) is 0 Å². The highest BCUT2D eigenvalue weighted by atomic mass is 79.9. The van der Waals surface area contributed by atoms with Crippen molar-refractivity contribution in [2.45, 2.75) is 39.4 Å². The molecule has 1 aliphatic rings. The lowest BCUT2D eigenvalue weighted by Crippen LogP contribution is -2.37. The van der Waals surface area contributed by atoms with Gasteiger partial charge in [-0.25, -0.2) is 4.98 Å². The van der Waals surface area contributed by atoms with E-state index in [1.165, 1.54) is 11.1 Å². The summed E-state index contributed by atoms with van der Waals surface area (Å²) in [4.78, 5) is 7.02. The van der Waals surface area contributed by atoms with Crippen molar-refractivity contribution in [1.29, 1.82) is 0 Å². The quantitative estimate of drug-likeness (QED) is 0.778. The fourth-order valence-electron chi connectivity index (χ4n) is 2.94. The number of halogens is 1. The van der Waals surface area contributed by atoms with Gasteiger partial charge >= 0.3 is 0 Å². The molecule has 0 bridgehead atoms. The van der Waals surface area contributed by atoms with Crippen LogP contribution in [0.5, 0.6) is 0 Å². The van der Waals surface area contributed by atoms with E-state index in [-0.39, 0.29) is 0 Å². The van der Waals surface area contributed by atoms with Gasteiger partial charge in [-0.3, -0.25) is 0 Å². The van der Waals surface area contributed by atoms with E-state index in [0.29, 0.717) is 12.7 Å². The van der Waals surface area contributed by atoms with Crippen molar-refractivity contribution in [2.24, 2.45) is 0 Å². The van der Waals surface area contributed by atoms with Crippen molar-refractivity contribution >= 4 is 21.7 Å². The monoisotopic (exact) mass is 374 g/mol. The van der Waals surface area contributed by atoms with Gasteiger partial charge in [0.25, 0.3) is 0 Å². The number of aryl methyl sites for hydroxylation is 2. The molecule has 0 saturated carbocycles. The van der Waals surface area contributed by atoms with Crippen LogP contribution in [0.25, 0.3) is 0 Å². The van der Waals surface area contributed by atoms with Crippen molar-refractivity contribution in [2.75, 3.05) is 18.0 Å². The maximum absolute atomic E-state index is 6.12. The smallest absolute Gasteiger partial charge is 0.128 e. The zero-order chi connectivity index (χ0) is 16.2. The fraction of sp³-hybridized carbons (Fsp3) is 0.421. The largest absolute Gasteiger partial charge is 0.373 e. The Bertz CT molecular complexity index is 666. The molecule has 3 rings (SSSR count). The normalized spacial score (nSPS) is 15.9. The standard InChI is InChI=1S/C19H23BrN2O/c1-14-5-3-4-6-16(14)13-23-17-9-11-22(12-10-17)19-8-7-18(20)15(2)21-19/h3-8,17H,9-13H2,1-2H3. The molecule has 0 spiro atoms. The van der Waals surface area contributed by atoms with Crippen molar-refractivity contribution in [3.8, 4) is 0 Å². The fourth-order valence-corrected chi connectivity index (χ4v) is 3.16. The highest BCUT2D eigenvalue weighted by Gasteiger charge is 2.21. The van der Waals surface area contributed by atoms with Crippen molar-refractivity contribution in [3.05, 3.63) is 57.7 Å². The van der Waals surface area contributed by atoms with Crippen LogP contribution in [0, 0.1) is 13.8 Å². The predicted molar refractivity (Wildman–Crippen MR) is 97.9 cm³/mol. The third kappa shape index (κ3) is 4.12. The molecule has 2 heterocycles. The molecule has 1 fully saturated rings. The van der Waals surface area contributed by atoms with E-state index in [1.54, 1.807) is 0 Å². The minimum absolute atomic E-state index is 0.349. The predicted octanol–water partition coefficient (Wildman–Crippen LogP) is 4.65. The molecular weight excluding hydrogens is 352 g/mol. The Morgan fingerprint density at radius 3 is 2.57 bits per heavy atom. The Morgan fingerprint density at radius 1 is 1.13 bits per heavy atom. The van der Waals surface area contributed by atoms with E-state index in [1.807, 2.05) is 6.92 Å². The first-order valence-corrected chi connectivity index (χ1v) is 8.97. The van der Waals surface area contributed by atoms with Gasteiger partial charge in [0.05, 0.1) is 18.4 Å². The van der Waals surface area contributed by atoms with Crippen LogP contribution >= 0.6 is 15.9 Å². The van der Waals surface area contributed by atoms with E-state index < -0.39 is 0 Å². The molecule has 122 valence electrons. The molecule has 0 atom stereocenters. The number of pyridine rings is 1. The Labute approximate surface area is 146 Å². The molecule has 0 N–H and O–H groups in total. The molecule has 23 heavy (non-hydrogen) atoms. The Morgan fingerprint density at radius 2 is 1.87 bits per heavy atom. The molecule has 1 aromatic carbocycles. The average Bonchev–Trinajstić information content (AvgIpc) is 2.57. The van der Waals surface area contributed by atoms with E-state index in [2.05, 4.69) is 69.1 Å². The van der Waals surface area contributed by atoms with E-state index >= 15 is 0 Å². The average molecular weight is 375 g/mol. The zero-order valence-corrected chi connectivity index (χ0v) is 15.3. The summed E-state index contributed by atoms with van der Waals surface area (Å²) in [5.41, 5.74) is 3.64. The first-order chi connectivity index (χ1) is 11.1. The van der Waals surface area contributed by atoms with Crippen LogP contribution in [0.15, 0.2) is 40.9 Å². The number of rotatable bonds is 4. The Kier molecular flexibility index (Phi) is 5.34. The van der Waals surface area contributed by atoms with Gasteiger partial charge in [0, 0.05) is 17.6 Å². The summed E-state index contributed by atoms with van der Waals surface area (Å²) < 4.78 is 7.19. The molecule has 4 heteroatoms. The summed E-state index contributed by atoms with van der Waals surface area (Å²) in [5, 5.41) is 0. The van der Waals surface area contributed by atoms with Crippen LogP contribution in [-0.4, -0.2) is 24.2 Å². The summed E-state index contributed by atoms with van der Waals surface area (Å²) >= 11 is 3.51. The Hall–Kier alpha value is -1.39. The maximum atomic E-state index is 6.12. The molecule has 1 saturated heterocycles. The van der Waals surface area contributed by atoms with Crippen LogP contribution in [0.3, 0.4) is 0 Å². The summed E-state index contributed by atoms with van der Waals surface area (Å²) in [5.74, 6) is 1.07. The van der Waals surface area contributed by atoms with Gasteiger partial charge in [-0.15, -0.1) is 0 Å². The summed E-state index contributed by atoms with van der Waals surface area (Å²) in [6.07, 6.45) is 2.47. The number of ether oxygens (including phenoxy) is 1. The number of benzene rings is 1. The van der Waals surface area contributed by atoms with Gasteiger partial charge in [0.1, 0.15) is 5.82 Å². The van der Waals surface area contributed by atoms with Crippen LogP contribution < -0.4 is 4.90 Å². The highest BCUT2D eigenvalue weighted by Crippen LogP contribution is 2.23. The lowest BCUT2D eigenvalue weighted by Gasteiger charge is -2.33. The van der Waals surface area contributed by atoms with Crippen LogP contribution in [0.1, 0.15) is 29.7 Å². The van der Waals surface area contributed by atoms with E-state index in [0.717, 1.165) is 41.9 Å². The minimum Gasteiger partial charge on any atom is -0.373 e. The first-order valence-electron chi connectivity index (χ1n) is 8.17. The van der Waals surface area contributed by atoms with E-state index in [9.17, 15) is 0 Å². The molecular formula is C19H23BrN2O. The topological polar surface area (TPSA) is 25.4 Å². The third-order valence-electron chi connectivity index (χ3n) is 4.51. The number of nitrogens with zero attached hydrogens (tertiary/aromatic N) is 2. The molecule has 0 amide bonds. The van der Waals surface area contributed by atoms with Gasteiger partial charge in [-0.1, -0.05) is 24.3 Å². The number of aromatic nitrogens is 1. The van der Waals surface area contributed by atoms with Gasteiger partial charge in [0.2, 0.25) is 0 Å². The SMILES string of the molecule is Cc1ccccc1COC1CCN(c2ccc(Br)c(C)n2)CC1. The van der Waals surface area contributed by atoms with Crippen molar-refractivity contribution in [1.82, 2.24) is 4.98 Å². The van der Waals surface area contributed by atoms with Gasteiger partial charge < -0.3 is 9.64 Å². The number of piperidine rings is 1. The highest BCUT2D eigenvalue weighted by molar-refractivity contribution is 9.10. The van der Waals surface area contributed by atoms with Gasteiger partial charge in [0.15, 0.2) is 0 Å². The molecule has 0 radical (unpaired) electrons. The maximum Gasteiger partial charge on any atom is 0.128 e. The molecule has 1 aliphatic heterocycles. The Balaban J connectivity index is 1.52. The van der Waals surface area contributed by atoms with Crippen molar-refractivity contribution in [3.63, 3.8) is 0 Å². The van der Waals surface area contributed by atoms with Crippen molar-refractivity contribution < 1.29 is 4.74 Å². The second-order valence-electron chi connectivity index (χ2n) is 6.16. The number of hydrogen-bond donors (Lipinski definition) is 0.